The Balaban J connectivity index is 1.73. The zero-order chi connectivity index (χ0) is 22.9. The van der Waals surface area contributed by atoms with Crippen molar-refractivity contribution in [3.8, 4) is 0 Å². The lowest BCUT2D eigenvalue weighted by Gasteiger charge is -2.39. The van der Waals surface area contributed by atoms with E-state index in [0.717, 1.165) is 0 Å². The smallest absolute Gasteiger partial charge is 0.0185 e. The normalized spacial score (nSPS) is 11.8. The Morgan fingerprint density at radius 2 is 0.667 bits per heavy atom. The van der Waals surface area contributed by atoms with Gasteiger partial charge < -0.3 is 0 Å². The highest BCUT2D eigenvalue weighted by molar-refractivity contribution is 7.74. The zero-order valence-electron chi connectivity index (χ0n) is 19.8. The molecule has 0 aliphatic rings. The van der Waals surface area contributed by atoms with Gasteiger partial charge in [0.05, 0.1) is 0 Å². The lowest BCUT2D eigenvalue weighted by atomic mass is 9.87. The molecule has 0 amide bonds. The molecule has 0 atom stereocenters. The maximum Gasteiger partial charge on any atom is -0.0185 e. The van der Waals surface area contributed by atoms with Gasteiger partial charge in [0.1, 0.15) is 0 Å². The van der Waals surface area contributed by atoms with Crippen LogP contribution in [0, 0.1) is 5.41 Å². The van der Waals surface area contributed by atoms with E-state index >= 15 is 0 Å². The molecular formula is C31H34P2. The van der Waals surface area contributed by atoms with E-state index in [2.05, 4.69) is 135 Å². The second kappa shape index (κ2) is 11.7. The third-order valence-corrected chi connectivity index (χ3v) is 12.4. The van der Waals surface area contributed by atoms with Crippen LogP contribution in [-0.4, -0.2) is 12.3 Å². The molecule has 0 saturated carbocycles. The Morgan fingerprint density at radius 3 is 0.879 bits per heavy atom. The Kier molecular flexibility index (Phi) is 8.50. The predicted molar refractivity (Wildman–Crippen MR) is 151 cm³/mol. The van der Waals surface area contributed by atoms with E-state index < -0.39 is 15.8 Å². The second-order valence-corrected chi connectivity index (χ2v) is 13.1. The second-order valence-electron chi connectivity index (χ2n) is 8.72. The van der Waals surface area contributed by atoms with Crippen molar-refractivity contribution in [1.82, 2.24) is 0 Å². The lowest BCUT2D eigenvalue weighted by molar-refractivity contribution is 0.353. The molecular weight excluding hydrogens is 434 g/mol. The van der Waals surface area contributed by atoms with E-state index in [1.165, 1.54) is 46.4 Å². The standard InChI is InChI=1S/C31H34P2/c1-3-31(4-2,25-32(27-17-9-5-10-18-27)28-19-11-6-12-20-28)26-33(29-21-13-7-14-22-29)30-23-15-8-16-24-30/h5-24H,3-4,25-26H2,1-2H3. The summed E-state index contributed by atoms with van der Waals surface area (Å²) in [5, 5.41) is 5.98. The molecule has 0 heterocycles. The average Bonchev–Trinajstić information content (AvgIpc) is 2.91. The third-order valence-electron chi connectivity index (χ3n) is 6.76. The monoisotopic (exact) mass is 468 g/mol. The molecule has 0 aromatic heterocycles. The number of rotatable bonds is 10. The van der Waals surface area contributed by atoms with Crippen LogP contribution >= 0.6 is 15.8 Å². The maximum absolute atomic E-state index is 2.41. The number of hydrogen-bond acceptors (Lipinski definition) is 0. The van der Waals surface area contributed by atoms with Gasteiger partial charge in [-0.2, -0.15) is 0 Å². The van der Waals surface area contributed by atoms with Crippen LogP contribution < -0.4 is 21.2 Å². The molecule has 0 nitrogen and oxygen atoms in total. The Labute approximate surface area is 202 Å². The predicted octanol–water partition coefficient (Wildman–Crippen LogP) is 7.06. The van der Waals surface area contributed by atoms with Gasteiger partial charge in [0.25, 0.3) is 0 Å². The van der Waals surface area contributed by atoms with Gasteiger partial charge in [-0.05, 0) is 67.6 Å². The Morgan fingerprint density at radius 1 is 0.424 bits per heavy atom. The highest BCUT2D eigenvalue weighted by Crippen LogP contribution is 2.50. The van der Waals surface area contributed by atoms with E-state index in [1.54, 1.807) is 0 Å². The van der Waals surface area contributed by atoms with Gasteiger partial charge in [-0.3, -0.25) is 0 Å². The highest BCUT2D eigenvalue weighted by atomic mass is 31.1. The first kappa shape index (κ1) is 23.9. The fourth-order valence-corrected chi connectivity index (χ4v) is 10.6. The number of hydrogen-bond donors (Lipinski definition) is 0. The minimum atomic E-state index is -0.409. The summed E-state index contributed by atoms with van der Waals surface area (Å²) in [6.07, 6.45) is 4.89. The van der Waals surface area contributed by atoms with Crippen LogP contribution in [0.25, 0.3) is 0 Å². The molecule has 0 bridgehead atoms. The van der Waals surface area contributed by atoms with Gasteiger partial charge in [0, 0.05) is 0 Å². The fourth-order valence-electron chi connectivity index (χ4n) is 4.51. The first-order chi connectivity index (χ1) is 16.2. The minimum absolute atomic E-state index is 0.300. The minimum Gasteiger partial charge on any atom is -0.0648 e. The molecule has 168 valence electrons. The van der Waals surface area contributed by atoms with E-state index in [9.17, 15) is 0 Å². The summed E-state index contributed by atoms with van der Waals surface area (Å²) in [4.78, 5) is 0. The molecule has 4 aromatic rings. The van der Waals surface area contributed by atoms with E-state index in [-0.39, 0.29) is 0 Å². The average molecular weight is 469 g/mol. The summed E-state index contributed by atoms with van der Waals surface area (Å²) < 4.78 is 0. The van der Waals surface area contributed by atoms with Crippen LogP contribution in [0.2, 0.25) is 0 Å². The van der Waals surface area contributed by atoms with Gasteiger partial charge >= 0.3 is 0 Å². The van der Waals surface area contributed by atoms with Gasteiger partial charge in [0.2, 0.25) is 0 Å². The molecule has 33 heavy (non-hydrogen) atoms. The van der Waals surface area contributed by atoms with Gasteiger partial charge in [0.15, 0.2) is 0 Å². The van der Waals surface area contributed by atoms with E-state index in [4.69, 9.17) is 0 Å². The van der Waals surface area contributed by atoms with Crippen LogP contribution in [0.1, 0.15) is 26.7 Å². The van der Waals surface area contributed by atoms with Crippen molar-refractivity contribution < 1.29 is 0 Å². The molecule has 0 fully saturated rings. The zero-order valence-corrected chi connectivity index (χ0v) is 21.6. The molecule has 0 N–H and O–H groups in total. The molecule has 2 heteroatoms. The molecule has 0 radical (unpaired) electrons. The van der Waals surface area contributed by atoms with E-state index in [1.807, 2.05) is 0 Å². The fraction of sp³-hybridized carbons (Fsp3) is 0.226. The summed E-state index contributed by atoms with van der Waals surface area (Å²) in [6, 6.07) is 44.9. The van der Waals surface area contributed by atoms with Crippen molar-refractivity contribution in [3.05, 3.63) is 121 Å². The van der Waals surface area contributed by atoms with Crippen molar-refractivity contribution in [1.29, 1.82) is 0 Å². The first-order valence-electron chi connectivity index (χ1n) is 12.0. The van der Waals surface area contributed by atoms with Crippen LogP contribution in [0.15, 0.2) is 121 Å². The largest absolute Gasteiger partial charge is 0.0648 e. The SMILES string of the molecule is CCC(CC)(CP(c1ccccc1)c1ccccc1)CP(c1ccccc1)c1ccccc1. The molecule has 0 unspecified atom stereocenters. The van der Waals surface area contributed by atoms with Crippen LogP contribution in [0.5, 0.6) is 0 Å². The molecule has 0 aliphatic heterocycles. The summed E-state index contributed by atoms with van der Waals surface area (Å²) in [6.45, 7) is 4.83. The summed E-state index contributed by atoms with van der Waals surface area (Å²) in [5.41, 5.74) is 0.300. The Bertz CT molecular complexity index is 909. The summed E-state index contributed by atoms with van der Waals surface area (Å²) in [7, 11) is -0.817. The quantitative estimate of drug-likeness (QED) is 0.219. The summed E-state index contributed by atoms with van der Waals surface area (Å²) in [5.74, 6) is 0. The van der Waals surface area contributed by atoms with Crippen molar-refractivity contribution >= 4 is 37.1 Å². The topological polar surface area (TPSA) is 0 Å². The van der Waals surface area contributed by atoms with Crippen molar-refractivity contribution in [2.24, 2.45) is 5.41 Å². The van der Waals surface area contributed by atoms with Crippen LogP contribution in [0.3, 0.4) is 0 Å². The van der Waals surface area contributed by atoms with Crippen LogP contribution in [0.4, 0.5) is 0 Å². The molecule has 0 aliphatic carbocycles. The van der Waals surface area contributed by atoms with Gasteiger partial charge in [-0.25, -0.2) is 0 Å². The molecule has 0 spiro atoms. The molecule has 0 saturated heterocycles. The molecule has 4 rings (SSSR count). The summed E-state index contributed by atoms with van der Waals surface area (Å²) >= 11 is 0. The maximum atomic E-state index is 2.41. The van der Waals surface area contributed by atoms with Crippen LogP contribution in [-0.2, 0) is 0 Å². The molecule has 4 aromatic carbocycles. The Hall–Kier alpha value is -2.26. The lowest BCUT2D eigenvalue weighted by Crippen LogP contribution is -2.33. The van der Waals surface area contributed by atoms with Gasteiger partial charge in [-0.15, -0.1) is 0 Å². The first-order valence-corrected chi connectivity index (χ1v) is 15.1. The highest BCUT2D eigenvalue weighted by Gasteiger charge is 2.34. The van der Waals surface area contributed by atoms with Gasteiger partial charge in [-0.1, -0.05) is 135 Å². The third kappa shape index (κ3) is 6.00. The van der Waals surface area contributed by atoms with Crippen molar-refractivity contribution in [2.75, 3.05) is 12.3 Å². The van der Waals surface area contributed by atoms with Crippen molar-refractivity contribution in [2.45, 2.75) is 26.7 Å². The number of benzene rings is 4. The van der Waals surface area contributed by atoms with E-state index in [0.29, 0.717) is 5.41 Å². The van der Waals surface area contributed by atoms with Crippen molar-refractivity contribution in [3.63, 3.8) is 0 Å².